The van der Waals surface area contributed by atoms with E-state index < -0.39 is 23.5 Å². The van der Waals surface area contributed by atoms with Gasteiger partial charge in [-0.25, -0.2) is 8.78 Å². The van der Waals surface area contributed by atoms with E-state index in [4.69, 9.17) is 9.84 Å². The number of carbonyl (C=O) groups is 2. The number of carboxylic acid groups (broad SMARTS) is 1. The summed E-state index contributed by atoms with van der Waals surface area (Å²) in [5.41, 5.74) is 0. The lowest BCUT2D eigenvalue weighted by molar-refractivity contribution is -0.141. The number of carboxylic acids is 1. The Morgan fingerprint density at radius 2 is 2.14 bits per heavy atom. The van der Waals surface area contributed by atoms with Crippen LogP contribution in [0.1, 0.15) is 19.3 Å². The average Bonchev–Trinajstić information content (AvgIpc) is 2.95. The lowest BCUT2D eigenvalue weighted by Gasteiger charge is -2.15. The van der Waals surface area contributed by atoms with Crippen LogP contribution < -0.4 is 4.74 Å². The number of halogens is 2. The standard InChI is InChI=1S/C15H17F2NO4/c16-11-3-4-13(12(17)8-11)22-7-1-2-14(19)18-6-5-10(9-18)15(20)21/h3-4,8,10H,1-2,5-7,9H2,(H,20,21)/t10-/m0/s1. The van der Waals surface area contributed by atoms with Crippen LogP contribution in [0.25, 0.3) is 0 Å². The second-order valence-electron chi connectivity index (χ2n) is 5.19. The maximum Gasteiger partial charge on any atom is 0.308 e. The van der Waals surface area contributed by atoms with Crippen molar-refractivity contribution < 1.29 is 28.2 Å². The normalized spacial score (nSPS) is 17.5. The first-order chi connectivity index (χ1) is 10.5. The van der Waals surface area contributed by atoms with Crippen molar-refractivity contribution in [1.82, 2.24) is 4.90 Å². The van der Waals surface area contributed by atoms with Gasteiger partial charge in [0.25, 0.3) is 0 Å². The van der Waals surface area contributed by atoms with E-state index in [1.807, 2.05) is 0 Å². The summed E-state index contributed by atoms with van der Waals surface area (Å²) >= 11 is 0. The molecular formula is C15H17F2NO4. The predicted octanol–water partition coefficient (Wildman–Crippen LogP) is 2.06. The van der Waals surface area contributed by atoms with Crippen LogP contribution in [0.4, 0.5) is 8.78 Å². The third-order valence-electron chi connectivity index (χ3n) is 3.58. The van der Waals surface area contributed by atoms with Crippen molar-refractivity contribution in [3.8, 4) is 5.75 Å². The van der Waals surface area contributed by atoms with Crippen LogP contribution in [0, 0.1) is 17.6 Å². The summed E-state index contributed by atoms with van der Waals surface area (Å²) in [6.45, 7) is 0.815. The molecule has 0 aromatic heterocycles. The number of ether oxygens (including phenoxy) is 1. The highest BCUT2D eigenvalue weighted by molar-refractivity contribution is 5.78. The van der Waals surface area contributed by atoms with Gasteiger partial charge in [0.05, 0.1) is 12.5 Å². The molecule has 1 heterocycles. The molecule has 1 aromatic carbocycles. The fourth-order valence-corrected chi connectivity index (χ4v) is 2.34. The van der Waals surface area contributed by atoms with Gasteiger partial charge in [0.15, 0.2) is 11.6 Å². The van der Waals surface area contributed by atoms with Gasteiger partial charge in [-0.1, -0.05) is 0 Å². The van der Waals surface area contributed by atoms with Gasteiger partial charge in [-0.15, -0.1) is 0 Å². The predicted molar refractivity (Wildman–Crippen MR) is 73.4 cm³/mol. The molecule has 0 saturated carbocycles. The Hall–Kier alpha value is -2.18. The van der Waals surface area contributed by atoms with E-state index in [0.717, 1.165) is 12.1 Å². The summed E-state index contributed by atoms with van der Waals surface area (Å²) in [6.07, 6.45) is 1.05. The fraction of sp³-hybridized carbons (Fsp3) is 0.467. The number of rotatable bonds is 6. The maximum absolute atomic E-state index is 13.3. The van der Waals surface area contributed by atoms with Crippen LogP contribution in [0.2, 0.25) is 0 Å². The molecule has 1 N–H and O–H groups in total. The van der Waals surface area contributed by atoms with Crippen LogP contribution in [0.3, 0.4) is 0 Å². The molecule has 1 aliphatic heterocycles. The molecule has 1 atom stereocenters. The molecule has 1 aliphatic rings. The van der Waals surface area contributed by atoms with E-state index in [2.05, 4.69) is 0 Å². The highest BCUT2D eigenvalue weighted by Crippen LogP contribution is 2.19. The lowest BCUT2D eigenvalue weighted by atomic mass is 10.1. The first-order valence-corrected chi connectivity index (χ1v) is 7.06. The van der Waals surface area contributed by atoms with Gasteiger partial charge in [-0.3, -0.25) is 9.59 Å². The van der Waals surface area contributed by atoms with Crippen LogP contribution in [0.5, 0.6) is 5.75 Å². The number of nitrogens with zero attached hydrogens (tertiary/aromatic N) is 1. The molecule has 1 saturated heterocycles. The quantitative estimate of drug-likeness (QED) is 0.816. The molecule has 0 aliphatic carbocycles. The van der Waals surface area contributed by atoms with Crippen molar-refractivity contribution in [1.29, 1.82) is 0 Å². The zero-order valence-corrected chi connectivity index (χ0v) is 11.9. The maximum atomic E-state index is 13.3. The van der Waals surface area contributed by atoms with Gasteiger partial charge in [0, 0.05) is 25.6 Å². The third-order valence-corrected chi connectivity index (χ3v) is 3.58. The molecule has 5 nitrogen and oxygen atoms in total. The zero-order valence-electron chi connectivity index (χ0n) is 11.9. The minimum Gasteiger partial charge on any atom is -0.491 e. The highest BCUT2D eigenvalue weighted by atomic mass is 19.1. The molecule has 0 spiro atoms. The SMILES string of the molecule is O=C(O)[C@H]1CCN(C(=O)CCCOc2ccc(F)cc2F)C1. The van der Waals surface area contributed by atoms with E-state index in [1.165, 1.54) is 11.0 Å². The van der Waals surface area contributed by atoms with Gasteiger partial charge >= 0.3 is 5.97 Å². The van der Waals surface area contributed by atoms with Crippen molar-refractivity contribution in [3.05, 3.63) is 29.8 Å². The van der Waals surface area contributed by atoms with Gasteiger partial charge in [-0.05, 0) is 25.0 Å². The highest BCUT2D eigenvalue weighted by Gasteiger charge is 2.30. The van der Waals surface area contributed by atoms with E-state index in [1.54, 1.807) is 0 Å². The first-order valence-electron chi connectivity index (χ1n) is 7.06. The molecule has 1 amide bonds. The van der Waals surface area contributed by atoms with Crippen LogP contribution in [-0.2, 0) is 9.59 Å². The van der Waals surface area contributed by atoms with Gasteiger partial charge in [0.1, 0.15) is 5.82 Å². The van der Waals surface area contributed by atoms with Crippen molar-refractivity contribution in [2.24, 2.45) is 5.92 Å². The Kier molecular flexibility index (Phi) is 5.30. The molecule has 1 fully saturated rings. The molecule has 0 unspecified atom stereocenters. The summed E-state index contributed by atoms with van der Waals surface area (Å²) in [4.78, 5) is 24.2. The number of likely N-dealkylation sites (tertiary alicyclic amines) is 1. The van der Waals surface area contributed by atoms with Crippen LogP contribution in [-0.4, -0.2) is 41.6 Å². The van der Waals surface area contributed by atoms with Gasteiger partial charge in [-0.2, -0.15) is 0 Å². The molecule has 2 rings (SSSR count). The van der Waals surface area contributed by atoms with Crippen molar-refractivity contribution in [2.45, 2.75) is 19.3 Å². The molecule has 120 valence electrons. The minimum atomic E-state index is -0.884. The Balaban J connectivity index is 1.70. The number of hydrogen-bond acceptors (Lipinski definition) is 3. The number of carbonyl (C=O) groups excluding carboxylic acids is 1. The zero-order chi connectivity index (χ0) is 16.1. The topological polar surface area (TPSA) is 66.8 Å². The molecule has 0 bridgehead atoms. The second-order valence-corrected chi connectivity index (χ2v) is 5.19. The molecule has 0 radical (unpaired) electrons. The molecular weight excluding hydrogens is 296 g/mol. The van der Waals surface area contributed by atoms with E-state index in [-0.39, 0.29) is 31.2 Å². The van der Waals surface area contributed by atoms with E-state index in [0.29, 0.717) is 19.4 Å². The smallest absolute Gasteiger partial charge is 0.308 e. The van der Waals surface area contributed by atoms with Crippen molar-refractivity contribution in [3.63, 3.8) is 0 Å². The van der Waals surface area contributed by atoms with Crippen molar-refractivity contribution in [2.75, 3.05) is 19.7 Å². The van der Waals surface area contributed by atoms with Gasteiger partial charge < -0.3 is 14.7 Å². The van der Waals surface area contributed by atoms with Crippen molar-refractivity contribution >= 4 is 11.9 Å². The average molecular weight is 313 g/mol. The number of hydrogen-bond donors (Lipinski definition) is 1. The third kappa shape index (κ3) is 4.16. The summed E-state index contributed by atoms with van der Waals surface area (Å²) in [5, 5.41) is 8.88. The summed E-state index contributed by atoms with van der Waals surface area (Å²) < 4.78 is 31.2. The lowest BCUT2D eigenvalue weighted by Crippen LogP contribution is -2.30. The van der Waals surface area contributed by atoms with Crippen LogP contribution in [0.15, 0.2) is 18.2 Å². The number of amides is 1. The van der Waals surface area contributed by atoms with E-state index >= 15 is 0 Å². The van der Waals surface area contributed by atoms with E-state index in [9.17, 15) is 18.4 Å². The number of benzene rings is 1. The first kappa shape index (κ1) is 16.2. The Bertz CT molecular complexity index is 564. The second kappa shape index (κ2) is 7.20. The van der Waals surface area contributed by atoms with Crippen LogP contribution >= 0.6 is 0 Å². The number of aliphatic carboxylic acids is 1. The summed E-state index contributed by atoms with van der Waals surface area (Å²) in [6, 6.07) is 3.03. The Morgan fingerprint density at radius 3 is 2.77 bits per heavy atom. The molecule has 7 heteroatoms. The fourth-order valence-electron chi connectivity index (χ4n) is 2.34. The monoisotopic (exact) mass is 313 g/mol. The molecule has 1 aromatic rings. The Morgan fingerprint density at radius 1 is 1.36 bits per heavy atom. The Labute approximate surface area is 126 Å². The summed E-state index contributed by atoms with van der Waals surface area (Å²) in [5.74, 6) is -3.02. The molecule has 22 heavy (non-hydrogen) atoms. The largest absolute Gasteiger partial charge is 0.491 e. The summed E-state index contributed by atoms with van der Waals surface area (Å²) in [7, 11) is 0. The minimum absolute atomic E-state index is 0.0547. The van der Waals surface area contributed by atoms with Gasteiger partial charge in [0.2, 0.25) is 5.91 Å².